The zero-order valence-electron chi connectivity index (χ0n) is 13.9. The zero-order valence-corrected chi connectivity index (χ0v) is 13.9. The number of ketones is 2. The number of rotatable bonds is 11. The van der Waals surface area contributed by atoms with E-state index < -0.39 is 0 Å². The van der Waals surface area contributed by atoms with Gasteiger partial charge in [0.1, 0.15) is 11.6 Å². The molecule has 0 aliphatic heterocycles. The van der Waals surface area contributed by atoms with Crippen LogP contribution in [0.25, 0.3) is 0 Å². The molecule has 0 aliphatic carbocycles. The van der Waals surface area contributed by atoms with Crippen LogP contribution in [-0.2, 0) is 9.59 Å². The predicted octanol–water partition coefficient (Wildman–Crippen LogP) is 2.36. The van der Waals surface area contributed by atoms with Crippen LogP contribution < -0.4 is 11.6 Å². The van der Waals surface area contributed by atoms with E-state index >= 15 is 0 Å². The van der Waals surface area contributed by atoms with Crippen molar-refractivity contribution in [1.29, 1.82) is 0 Å². The minimum Gasteiger partial charge on any atom is -0.401 e. The molecule has 0 aromatic heterocycles. The smallest absolute Gasteiger partial charge is 0.135 e. The van der Waals surface area contributed by atoms with Crippen molar-refractivity contribution in [1.82, 2.24) is 5.01 Å². The van der Waals surface area contributed by atoms with Crippen LogP contribution in [0.4, 0.5) is 0 Å². The number of hydrogen-bond acceptors (Lipinski definition) is 5. The molecule has 0 aromatic rings. The molecule has 0 spiro atoms. The maximum Gasteiger partial charge on any atom is 0.135 e. The molecular formula is C16H31N3O2. The first-order valence-electron chi connectivity index (χ1n) is 7.77. The number of carbonyl (C=O) groups is 2. The molecule has 0 aliphatic rings. The number of hydrazine groups is 1. The molecule has 0 aromatic carbocycles. The van der Waals surface area contributed by atoms with Crippen LogP contribution >= 0.6 is 0 Å². The lowest BCUT2D eigenvalue weighted by Gasteiger charge is -2.15. The molecule has 4 N–H and O–H groups in total. The lowest BCUT2D eigenvalue weighted by molar-refractivity contribution is -0.122. The summed E-state index contributed by atoms with van der Waals surface area (Å²) in [4.78, 5) is 23.0. The lowest BCUT2D eigenvalue weighted by atomic mass is 10.0. The van der Waals surface area contributed by atoms with Gasteiger partial charge in [-0.3, -0.25) is 9.59 Å². The Labute approximate surface area is 128 Å². The van der Waals surface area contributed by atoms with E-state index in [4.69, 9.17) is 11.6 Å². The van der Waals surface area contributed by atoms with E-state index in [-0.39, 0.29) is 17.6 Å². The van der Waals surface area contributed by atoms with Crippen LogP contribution in [0.3, 0.4) is 0 Å². The van der Waals surface area contributed by atoms with Crippen molar-refractivity contribution in [3.63, 3.8) is 0 Å². The first kappa shape index (κ1) is 19.6. The molecular weight excluding hydrogens is 266 g/mol. The van der Waals surface area contributed by atoms with E-state index in [9.17, 15) is 9.59 Å². The molecule has 0 bridgehead atoms. The minimum atomic E-state index is 0.0465. The molecule has 0 unspecified atom stereocenters. The van der Waals surface area contributed by atoms with Gasteiger partial charge in [0.15, 0.2) is 0 Å². The summed E-state index contributed by atoms with van der Waals surface area (Å²) in [6, 6.07) is 0. The number of nitrogens with zero attached hydrogens (tertiary/aromatic N) is 1. The van der Waals surface area contributed by atoms with Gasteiger partial charge >= 0.3 is 0 Å². The summed E-state index contributed by atoms with van der Waals surface area (Å²) in [5, 5.41) is 1.54. The van der Waals surface area contributed by atoms with E-state index in [1.165, 1.54) is 5.01 Å². The third kappa shape index (κ3) is 10.1. The van der Waals surface area contributed by atoms with Gasteiger partial charge in [-0.25, -0.2) is 5.84 Å². The predicted molar refractivity (Wildman–Crippen MR) is 85.9 cm³/mol. The average molecular weight is 297 g/mol. The lowest BCUT2D eigenvalue weighted by Crippen LogP contribution is -2.28. The fourth-order valence-corrected chi connectivity index (χ4v) is 1.78. The molecule has 0 heterocycles. The van der Waals surface area contributed by atoms with Crippen LogP contribution in [0, 0.1) is 11.8 Å². The van der Waals surface area contributed by atoms with Gasteiger partial charge in [-0.1, -0.05) is 27.7 Å². The Hall–Kier alpha value is -1.36. The van der Waals surface area contributed by atoms with Crippen molar-refractivity contribution in [2.75, 3.05) is 6.54 Å². The summed E-state index contributed by atoms with van der Waals surface area (Å²) in [5.74, 6) is 6.48. The first-order valence-corrected chi connectivity index (χ1v) is 7.77. The Kier molecular flexibility index (Phi) is 9.71. The van der Waals surface area contributed by atoms with Gasteiger partial charge in [-0.15, -0.1) is 0 Å². The van der Waals surface area contributed by atoms with Gasteiger partial charge < -0.3 is 10.7 Å². The standard InChI is InChI=1S/C16H31N3O2/c1-12(2)15(20)7-5-6-10-19(18)11-14(17)8-9-16(21)13(3)4/h11-13H,5-10,17-18H2,1-4H3/b14-11-. The molecule has 5 nitrogen and oxygen atoms in total. The van der Waals surface area contributed by atoms with E-state index in [0.717, 1.165) is 12.8 Å². The first-order chi connectivity index (χ1) is 9.73. The second kappa shape index (κ2) is 10.4. The highest BCUT2D eigenvalue weighted by atomic mass is 16.1. The van der Waals surface area contributed by atoms with Crippen LogP contribution in [0.15, 0.2) is 11.9 Å². The Morgan fingerprint density at radius 1 is 0.952 bits per heavy atom. The fourth-order valence-electron chi connectivity index (χ4n) is 1.78. The highest BCUT2D eigenvalue weighted by Crippen LogP contribution is 2.07. The largest absolute Gasteiger partial charge is 0.401 e. The number of nitrogens with two attached hydrogens (primary N) is 2. The van der Waals surface area contributed by atoms with Gasteiger partial charge in [0.2, 0.25) is 0 Å². The van der Waals surface area contributed by atoms with Crippen molar-refractivity contribution in [3.8, 4) is 0 Å². The second-order valence-corrected chi connectivity index (χ2v) is 6.14. The summed E-state index contributed by atoms with van der Waals surface area (Å²) in [6.07, 6.45) is 4.96. The Bertz CT molecular complexity index is 363. The van der Waals surface area contributed by atoms with Crippen LogP contribution in [0.1, 0.15) is 59.8 Å². The quantitative estimate of drug-likeness (QED) is 0.347. The van der Waals surface area contributed by atoms with Crippen molar-refractivity contribution >= 4 is 11.6 Å². The number of Topliss-reactive ketones (excluding diaryl/α,β-unsaturated/α-hetero) is 2. The van der Waals surface area contributed by atoms with Crippen molar-refractivity contribution in [2.45, 2.75) is 59.8 Å². The van der Waals surface area contributed by atoms with Crippen LogP contribution in [0.2, 0.25) is 0 Å². The molecule has 5 heteroatoms. The molecule has 122 valence electrons. The Morgan fingerprint density at radius 3 is 2.00 bits per heavy atom. The number of allylic oxidation sites excluding steroid dienone is 1. The van der Waals surface area contributed by atoms with Crippen molar-refractivity contribution in [2.24, 2.45) is 23.4 Å². The maximum atomic E-state index is 11.5. The number of hydrogen-bond donors (Lipinski definition) is 2. The highest BCUT2D eigenvalue weighted by Gasteiger charge is 2.08. The molecule has 0 rings (SSSR count). The topological polar surface area (TPSA) is 89.4 Å². The molecule has 21 heavy (non-hydrogen) atoms. The maximum absolute atomic E-state index is 11.5. The Morgan fingerprint density at radius 2 is 1.48 bits per heavy atom. The Balaban J connectivity index is 3.90. The van der Waals surface area contributed by atoms with E-state index in [1.54, 1.807) is 6.20 Å². The summed E-state index contributed by atoms with van der Waals surface area (Å²) in [6.45, 7) is 8.26. The van der Waals surface area contributed by atoms with Gasteiger partial charge in [0.25, 0.3) is 0 Å². The van der Waals surface area contributed by atoms with E-state index in [2.05, 4.69) is 0 Å². The van der Waals surface area contributed by atoms with Gasteiger partial charge in [-0.05, 0) is 19.3 Å². The van der Waals surface area contributed by atoms with Crippen LogP contribution in [-0.4, -0.2) is 23.1 Å². The monoisotopic (exact) mass is 297 g/mol. The van der Waals surface area contributed by atoms with E-state index in [0.29, 0.717) is 37.3 Å². The minimum absolute atomic E-state index is 0.0465. The molecule has 0 saturated heterocycles. The van der Waals surface area contributed by atoms with Gasteiger partial charge in [0.05, 0.1) is 0 Å². The molecule has 0 amide bonds. The van der Waals surface area contributed by atoms with Gasteiger partial charge in [0, 0.05) is 43.1 Å². The highest BCUT2D eigenvalue weighted by molar-refractivity contribution is 5.80. The third-order valence-corrected chi connectivity index (χ3v) is 3.37. The summed E-state index contributed by atoms with van der Waals surface area (Å²) in [5.41, 5.74) is 6.46. The summed E-state index contributed by atoms with van der Waals surface area (Å²) in [7, 11) is 0. The number of unbranched alkanes of at least 4 members (excludes halogenated alkanes) is 1. The van der Waals surface area contributed by atoms with E-state index in [1.807, 2.05) is 27.7 Å². The third-order valence-electron chi connectivity index (χ3n) is 3.37. The van der Waals surface area contributed by atoms with Crippen molar-refractivity contribution in [3.05, 3.63) is 11.9 Å². The second-order valence-electron chi connectivity index (χ2n) is 6.14. The normalized spacial score (nSPS) is 12.0. The van der Waals surface area contributed by atoms with Crippen LogP contribution in [0.5, 0.6) is 0 Å². The average Bonchev–Trinajstić information content (AvgIpc) is 2.40. The van der Waals surface area contributed by atoms with Crippen molar-refractivity contribution < 1.29 is 9.59 Å². The zero-order chi connectivity index (χ0) is 16.4. The molecule has 0 atom stereocenters. The summed E-state index contributed by atoms with van der Waals surface area (Å²) >= 11 is 0. The number of carbonyl (C=O) groups excluding carboxylic acids is 2. The molecule has 0 radical (unpaired) electrons. The van der Waals surface area contributed by atoms with Gasteiger partial charge in [-0.2, -0.15) is 0 Å². The molecule has 0 fully saturated rings. The summed E-state index contributed by atoms with van der Waals surface area (Å²) < 4.78 is 0. The SMILES string of the molecule is CC(C)C(=O)CCCCN(N)/C=C(\N)CCC(=O)C(C)C. The fraction of sp³-hybridized carbons (Fsp3) is 0.750. The molecule has 0 saturated carbocycles.